The molecular formula is C22H28ClN5O5. The second-order valence-corrected chi connectivity index (χ2v) is 7.99. The van der Waals surface area contributed by atoms with Crippen LogP contribution in [0.5, 0.6) is 5.88 Å². The van der Waals surface area contributed by atoms with E-state index in [2.05, 4.69) is 15.3 Å². The Morgan fingerprint density at radius 1 is 1.33 bits per heavy atom. The Morgan fingerprint density at radius 3 is 2.85 bits per heavy atom. The number of methoxy groups -OCH3 is 2. The van der Waals surface area contributed by atoms with Crippen molar-refractivity contribution in [1.82, 2.24) is 20.2 Å². The minimum Gasteiger partial charge on any atom is -0.480 e. The largest absolute Gasteiger partial charge is 0.480 e. The maximum Gasteiger partial charge on any atom is 0.320 e. The number of esters is 1. The summed E-state index contributed by atoms with van der Waals surface area (Å²) in [6.45, 7) is 1.48. The van der Waals surface area contributed by atoms with Gasteiger partial charge < -0.3 is 25.3 Å². The van der Waals surface area contributed by atoms with E-state index in [-0.39, 0.29) is 53.6 Å². The number of aromatic nitrogens is 2. The molecule has 3 heterocycles. The van der Waals surface area contributed by atoms with E-state index in [9.17, 15) is 9.59 Å². The number of nitrogen functional groups attached to an aromatic ring is 1. The number of halogens is 1. The molecule has 1 aliphatic rings. The molecule has 2 unspecified atom stereocenters. The topological polar surface area (TPSA) is 129 Å². The van der Waals surface area contributed by atoms with Gasteiger partial charge in [-0.05, 0) is 24.6 Å². The van der Waals surface area contributed by atoms with Crippen molar-refractivity contribution in [2.75, 3.05) is 46.2 Å². The molecule has 1 aliphatic heterocycles. The minimum atomic E-state index is -0.393. The summed E-state index contributed by atoms with van der Waals surface area (Å²) in [4.78, 5) is 35.2. The van der Waals surface area contributed by atoms with Gasteiger partial charge in [0.15, 0.2) is 0 Å². The number of rotatable bonds is 9. The Labute approximate surface area is 197 Å². The Kier molecular flexibility index (Phi) is 8.81. The lowest BCUT2D eigenvalue weighted by atomic mass is 10.0. The lowest BCUT2D eigenvalue weighted by Gasteiger charge is -2.37. The monoisotopic (exact) mass is 477 g/mol. The Hall–Kier alpha value is -2.95. The Bertz CT molecular complexity index is 962. The van der Waals surface area contributed by atoms with E-state index in [0.717, 1.165) is 5.69 Å². The van der Waals surface area contributed by atoms with Crippen molar-refractivity contribution in [2.45, 2.75) is 25.0 Å². The fourth-order valence-electron chi connectivity index (χ4n) is 3.62. The molecule has 2 aromatic rings. The molecule has 0 radical (unpaired) electrons. The second kappa shape index (κ2) is 11.8. The highest BCUT2D eigenvalue weighted by Crippen LogP contribution is 2.25. The summed E-state index contributed by atoms with van der Waals surface area (Å²) >= 11 is 6.02. The summed E-state index contributed by atoms with van der Waals surface area (Å²) in [5, 5.41) is 3.12. The molecule has 2 aromatic heterocycles. The van der Waals surface area contributed by atoms with E-state index in [0.29, 0.717) is 25.9 Å². The molecular weight excluding hydrogens is 450 g/mol. The lowest BCUT2D eigenvalue weighted by molar-refractivity contribution is -0.145. The molecule has 0 aromatic carbocycles. The van der Waals surface area contributed by atoms with E-state index in [1.165, 1.54) is 13.2 Å². The number of likely N-dealkylation sites (tertiary alicyclic amines) is 1. The van der Waals surface area contributed by atoms with Gasteiger partial charge in [-0.3, -0.25) is 19.5 Å². The van der Waals surface area contributed by atoms with Crippen LogP contribution in [0.25, 0.3) is 0 Å². The van der Waals surface area contributed by atoms with Gasteiger partial charge in [0.05, 0.1) is 37.4 Å². The first-order chi connectivity index (χ1) is 15.9. The lowest BCUT2D eigenvalue weighted by Crippen LogP contribution is -2.55. The van der Waals surface area contributed by atoms with Crippen molar-refractivity contribution in [1.29, 1.82) is 0 Å². The number of nitrogens with zero attached hydrogens (tertiary/aromatic N) is 3. The van der Waals surface area contributed by atoms with Crippen LogP contribution in [0.4, 0.5) is 5.82 Å². The summed E-state index contributed by atoms with van der Waals surface area (Å²) in [5.74, 6) is -0.527. The van der Waals surface area contributed by atoms with Gasteiger partial charge in [-0.25, -0.2) is 0 Å². The SMILES string of the molecule is COc1nc(N)c(Cl)cc1C(=O)NC1CCN(CC(=O)OCCc2ccccn2)CC1OC. The van der Waals surface area contributed by atoms with Gasteiger partial charge in [-0.1, -0.05) is 17.7 Å². The van der Waals surface area contributed by atoms with E-state index in [1.807, 2.05) is 23.1 Å². The predicted octanol–water partition coefficient (Wildman–Crippen LogP) is 1.33. The zero-order valence-electron chi connectivity index (χ0n) is 18.6. The van der Waals surface area contributed by atoms with Gasteiger partial charge in [0.2, 0.25) is 5.88 Å². The van der Waals surface area contributed by atoms with Crippen molar-refractivity contribution < 1.29 is 23.8 Å². The molecule has 10 nitrogen and oxygen atoms in total. The highest BCUT2D eigenvalue weighted by molar-refractivity contribution is 6.33. The summed E-state index contributed by atoms with van der Waals surface area (Å²) in [7, 11) is 2.97. The van der Waals surface area contributed by atoms with Crippen LogP contribution in [0.1, 0.15) is 22.5 Å². The molecule has 3 rings (SSSR count). The summed E-state index contributed by atoms with van der Waals surface area (Å²) in [6, 6.07) is 6.79. The van der Waals surface area contributed by atoms with Crippen LogP contribution in [0.2, 0.25) is 5.02 Å². The smallest absolute Gasteiger partial charge is 0.320 e. The molecule has 0 aliphatic carbocycles. The summed E-state index contributed by atoms with van der Waals surface area (Å²) < 4.78 is 16.1. The molecule has 2 atom stereocenters. The van der Waals surface area contributed by atoms with Gasteiger partial charge in [-0.2, -0.15) is 4.98 Å². The first-order valence-electron chi connectivity index (χ1n) is 10.5. The quantitative estimate of drug-likeness (QED) is 0.513. The van der Waals surface area contributed by atoms with Crippen LogP contribution >= 0.6 is 11.6 Å². The molecule has 3 N–H and O–H groups in total. The average molecular weight is 478 g/mol. The molecule has 1 amide bonds. The zero-order chi connectivity index (χ0) is 23.8. The van der Waals surface area contributed by atoms with Crippen molar-refractivity contribution in [3.63, 3.8) is 0 Å². The number of carbonyl (C=O) groups is 2. The number of amides is 1. The standard InChI is InChI=1S/C22H28ClN5O5/c1-31-18-12-28(13-19(29)33-10-7-14-5-3-4-8-25-14)9-6-17(18)26-21(30)15-11-16(23)20(24)27-22(15)32-2/h3-5,8,11,17-18H,6-7,9-10,12-13H2,1-2H3,(H2,24,27)(H,26,30). The first kappa shape index (κ1) is 24.7. The molecule has 11 heteroatoms. The number of nitrogens with one attached hydrogen (secondary N) is 1. The van der Waals surface area contributed by atoms with Crippen molar-refractivity contribution >= 4 is 29.3 Å². The highest BCUT2D eigenvalue weighted by atomic mass is 35.5. The first-order valence-corrected chi connectivity index (χ1v) is 10.9. The van der Waals surface area contributed by atoms with Crippen molar-refractivity contribution in [3.8, 4) is 5.88 Å². The normalized spacial score (nSPS) is 18.5. The maximum atomic E-state index is 12.8. The van der Waals surface area contributed by atoms with Crippen LogP contribution in [0, 0.1) is 0 Å². The highest BCUT2D eigenvalue weighted by Gasteiger charge is 2.32. The maximum absolute atomic E-state index is 12.8. The fraction of sp³-hybridized carbons (Fsp3) is 0.455. The van der Waals surface area contributed by atoms with Crippen molar-refractivity contribution in [3.05, 3.63) is 46.7 Å². The van der Waals surface area contributed by atoms with Crippen molar-refractivity contribution in [2.24, 2.45) is 0 Å². The zero-order valence-corrected chi connectivity index (χ0v) is 19.4. The van der Waals surface area contributed by atoms with Gasteiger partial charge >= 0.3 is 5.97 Å². The van der Waals surface area contributed by atoms with E-state index >= 15 is 0 Å². The number of piperidine rings is 1. The van der Waals surface area contributed by atoms with Crippen LogP contribution < -0.4 is 15.8 Å². The molecule has 178 valence electrons. The number of ether oxygens (including phenoxy) is 3. The number of hydrogen-bond donors (Lipinski definition) is 2. The van der Waals surface area contributed by atoms with Gasteiger partial charge in [0.25, 0.3) is 5.91 Å². The summed E-state index contributed by atoms with van der Waals surface area (Å²) in [5.41, 5.74) is 6.74. The molecule has 1 saturated heterocycles. The van der Waals surface area contributed by atoms with E-state index < -0.39 is 5.91 Å². The second-order valence-electron chi connectivity index (χ2n) is 7.58. The number of pyridine rings is 2. The number of anilines is 1. The third kappa shape index (κ3) is 6.77. The molecule has 33 heavy (non-hydrogen) atoms. The molecule has 1 fully saturated rings. The van der Waals surface area contributed by atoms with Gasteiger partial charge in [0, 0.05) is 38.5 Å². The Morgan fingerprint density at radius 2 is 2.15 bits per heavy atom. The van der Waals surface area contributed by atoms with Crippen LogP contribution in [0.3, 0.4) is 0 Å². The molecule has 0 bridgehead atoms. The number of carbonyl (C=O) groups excluding carboxylic acids is 2. The molecule has 0 spiro atoms. The molecule has 0 saturated carbocycles. The van der Waals surface area contributed by atoms with Gasteiger partial charge in [0.1, 0.15) is 11.4 Å². The van der Waals surface area contributed by atoms with Gasteiger partial charge in [-0.15, -0.1) is 0 Å². The Balaban J connectivity index is 1.50. The van der Waals surface area contributed by atoms with Crippen LogP contribution in [-0.2, 0) is 20.7 Å². The van der Waals surface area contributed by atoms with E-state index in [4.69, 9.17) is 31.5 Å². The third-order valence-electron chi connectivity index (χ3n) is 5.37. The van der Waals surface area contributed by atoms with Crippen LogP contribution in [-0.4, -0.2) is 79.4 Å². The van der Waals surface area contributed by atoms with Crippen LogP contribution in [0.15, 0.2) is 30.5 Å². The number of hydrogen-bond acceptors (Lipinski definition) is 9. The summed E-state index contributed by atoms with van der Waals surface area (Å²) in [6.07, 6.45) is 2.55. The third-order valence-corrected chi connectivity index (χ3v) is 5.67. The average Bonchev–Trinajstić information content (AvgIpc) is 2.82. The predicted molar refractivity (Wildman–Crippen MR) is 122 cm³/mol. The fourth-order valence-corrected chi connectivity index (χ4v) is 3.77. The van der Waals surface area contributed by atoms with E-state index in [1.54, 1.807) is 13.3 Å². The minimum absolute atomic E-state index is 0.0834. The number of nitrogens with two attached hydrogens (primary N) is 1.